The summed E-state index contributed by atoms with van der Waals surface area (Å²) in [4.78, 5) is 30.4. The molecule has 0 bridgehead atoms. The highest BCUT2D eigenvalue weighted by atomic mass is 32.1. The van der Waals surface area contributed by atoms with Gasteiger partial charge >= 0.3 is 5.97 Å². The summed E-state index contributed by atoms with van der Waals surface area (Å²) in [6.07, 6.45) is -0.553. The lowest BCUT2D eigenvalue weighted by atomic mass is 10.2. The zero-order chi connectivity index (χ0) is 17.1. The van der Waals surface area contributed by atoms with Crippen LogP contribution in [0.1, 0.15) is 21.8 Å². The zero-order valence-corrected chi connectivity index (χ0v) is 14.1. The Balaban J connectivity index is 1.77. The average Bonchev–Trinajstić information content (AvgIpc) is 2.96. The number of hydrogen-bond donors (Lipinski definition) is 1. The van der Waals surface area contributed by atoms with Crippen LogP contribution in [0.2, 0.25) is 0 Å². The standard InChI is InChI=1S/C17H18N2O4S/c1-11-15(24-16(18-11)12-5-3-2-4-6-12)17(22)19-7-8-23-13(10-19)9-14(20)21/h2-6,13H,7-10H2,1H3,(H,20,21)/t13-/m0/s1. The molecule has 126 valence electrons. The lowest BCUT2D eigenvalue weighted by Gasteiger charge is -2.32. The van der Waals surface area contributed by atoms with E-state index < -0.39 is 12.1 Å². The summed E-state index contributed by atoms with van der Waals surface area (Å²) in [5.74, 6) is -1.03. The number of aryl methyl sites for hydroxylation is 1. The summed E-state index contributed by atoms with van der Waals surface area (Å²) in [7, 11) is 0. The minimum atomic E-state index is -0.922. The second-order valence-corrected chi connectivity index (χ2v) is 6.64. The molecule has 1 aromatic carbocycles. The smallest absolute Gasteiger partial charge is 0.306 e. The Morgan fingerprint density at radius 1 is 1.38 bits per heavy atom. The number of carbonyl (C=O) groups is 2. The third-order valence-corrected chi connectivity index (χ3v) is 5.03. The number of ether oxygens (including phenoxy) is 1. The maximum atomic E-state index is 12.8. The van der Waals surface area contributed by atoms with Crippen molar-refractivity contribution in [1.29, 1.82) is 0 Å². The summed E-state index contributed by atoms with van der Waals surface area (Å²) >= 11 is 1.37. The third-order valence-electron chi connectivity index (χ3n) is 3.84. The van der Waals surface area contributed by atoms with Crippen molar-refractivity contribution in [2.45, 2.75) is 19.4 Å². The number of benzene rings is 1. The third kappa shape index (κ3) is 3.63. The summed E-state index contributed by atoms with van der Waals surface area (Å²) in [5, 5.41) is 9.70. The molecule has 1 saturated heterocycles. The normalized spacial score (nSPS) is 17.7. The van der Waals surface area contributed by atoms with Crippen molar-refractivity contribution in [3.63, 3.8) is 0 Å². The van der Waals surface area contributed by atoms with Crippen LogP contribution in [0.15, 0.2) is 30.3 Å². The summed E-state index contributed by atoms with van der Waals surface area (Å²) in [5.41, 5.74) is 1.68. The molecule has 2 heterocycles. The van der Waals surface area contributed by atoms with Gasteiger partial charge in [0.05, 0.1) is 24.8 Å². The molecular formula is C17H18N2O4S. The number of aliphatic carboxylic acids is 1. The van der Waals surface area contributed by atoms with Crippen molar-refractivity contribution in [2.75, 3.05) is 19.7 Å². The van der Waals surface area contributed by atoms with Crippen LogP contribution in [-0.4, -0.2) is 52.7 Å². The molecule has 0 aliphatic carbocycles. The predicted molar refractivity (Wildman–Crippen MR) is 90.2 cm³/mol. The van der Waals surface area contributed by atoms with Gasteiger partial charge < -0.3 is 14.7 Å². The number of thiazole rings is 1. The predicted octanol–water partition coefficient (Wildman–Crippen LogP) is 2.43. The lowest BCUT2D eigenvalue weighted by molar-refractivity contribution is -0.141. The van der Waals surface area contributed by atoms with Gasteiger partial charge in [-0.2, -0.15) is 0 Å². The monoisotopic (exact) mass is 346 g/mol. The zero-order valence-electron chi connectivity index (χ0n) is 13.3. The highest BCUT2D eigenvalue weighted by Crippen LogP contribution is 2.29. The Kier molecular flexibility index (Phi) is 4.92. The van der Waals surface area contributed by atoms with E-state index in [9.17, 15) is 9.59 Å². The Morgan fingerprint density at radius 3 is 2.83 bits per heavy atom. The molecule has 0 unspecified atom stereocenters. The van der Waals surface area contributed by atoms with E-state index in [0.29, 0.717) is 30.3 Å². The average molecular weight is 346 g/mol. The van der Waals surface area contributed by atoms with Crippen LogP contribution < -0.4 is 0 Å². The molecule has 3 rings (SSSR count). The molecule has 0 radical (unpaired) electrons. The number of nitrogens with zero attached hydrogens (tertiary/aromatic N) is 2. The first kappa shape index (κ1) is 16.6. The highest BCUT2D eigenvalue weighted by molar-refractivity contribution is 7.17. The van der Waals surface area contributed by atoms with Crippen molar-refractivity contribution >= 4 is 23.2 Å². The van der Waals surface area contributed by atoms with Crippen LogP contribution in [0, 0.1) is 6.92 Å². The molecule has 1 atom stereocenters. The van der Waals surface area contributed by atoms with Crippen LogP contribution in [-0.2, 0) is 9.53 Å². The van der Waals surface area contributed by atoms with Gasteiger partial charge in [-0.3, -0.25) is 9.59 Å². The maximum Gasteiger partial charge on any atom is 0.306 e. The molecule has 0 saturated carbocycles. The van der Waals surface area contributed by atoms with E-state index >= 15 is 0 Å². The number of carboxylic acid groups (broad SMARTS) is 1. The first-order valence-electron chi connectivity index (χ1n) is 7.70. The number of carboxylic acids is 1. The first-order valence-corrected chi connectivity index (χ1v) is 8.51. The molecule has 7 heteroatoms. The fourth-order valence-corrected chi connectivity index (χ4v) is 3.70. The SMILES string of the molecule is Cc1nc(-c2ccccc2)sc1C(=O)N1CCO[C@@H](CC(=O)O)C1. The van der Waals surface area contributed by atoms with E-state index in [-0.39, 0.29) is 12.3 Å². The van der Waals surface area contributed by atoms with E-state index in [4.69, 9.17) is 9.84 Å². The molecule has 1 aliphatic heterocycles. The molecule has 1 aromatic heterocycles. The van der Waals surface area contributed by atoms with Gasteiger partial charge in [-0.1, -0.05) is 30.3 Å². The van der Waals surface area contributed by atoms with Gasteiger partial charge in [0.1, 0.15) is 9.88 Å². The van der Waals surface area contributed by atoms with Crippen molar-refractivity contribution in [1.82, 2.24) is 9.88 Å². The molecule has 0 spiro atoms. The number of morpholine rings is 1. The van der Waals surface area contributed by atoms with Crippen molar-refractivity contribution < 1.29 is 19.4 Å². The fourth-order valence-electron chi connectivity index (χ4n) is 2.66. The molecule has 2 aromatic rings. The Hall–Kier alpha value is -2.25. The summed E-state index contributed by atoms with van der Waals surface area (Å²) in [6, 6.07) is 9.73. The van der Waals surface area contributed by atoms with Crippen LogP contribution in [0.25, 0.3) is 10.6 Å². The number of aromatic nitrogens is 1. The summed E-state index contributed by atoms with van der Waals surface area (Å²) < 4.78 is 5.42. The number of carbonyl (C=O) groups excluding carboxylic acids is 1. The number of hydrogen-bond acceptors (Lipinski definition) is 5. The van der Waals surface area contributed by atoms with Crippen LogP contribution >= 0.6 is 11.3 Å². The van der Waals surface area contributed by atoms with E-state index in [1.807, 2.05) is 37.3 Å². The summed E-state index contributed by atoms with van der Waals surface area (Å²) in [6.45, 7) is 2.94. The van der Waals surface area contributed by atoms with Crippen LogP contribution in [0.3, 0.4) is 0 Å². The molecule has 6 nitrogen and oxygen atoms in total. The first-order chi connectivity index (χ1) is 11.5. The number of rotatable bonds is 4. The van der Waals surface area contributed by atoms with Crippen LogP contribution in [0.5, 0.6) is 0 Å². The minimum Gasteiger partial charge on any atom is -0.481 e. The molecular weight excluding hydrogens is 328 g/mol. The second-order valence-electron chi connectivity index (χ2n) is 5.64. The van der Waals surface area contributed by atoms with Gasteiger partial charge in [0, 0.05) is 18.7 Å². The van der Waals surface area contributed by atoms with E-state index in [0.717, 1.165) is 10.6 Å². The topological polar surface area (TPSA) is 79.7 Å². The molecule has 1 amide bonds. The van der Waals surface area contributed by atoms with Crippen molar-refractivity contribution in [3.05, 3.63) is 40.9 Å². The van der Waals surface area contributed by atoms with Gasteiger partial charge in [-0.15, -0.1) is 11.3 Å². The molecule has 24 heavy (non-hydrogen) atoms. The van der Waals surface area contributed by atoms with Gasteiger partial charge in [0.25, 0.3) is 5.91 Å². The van der Waals surface area contributed by atoms with E-state index in [1.54, 1.807) is 4.90 Å². The van der Waals surface area contributed by atoms with Gasteiger partial charge in [-0.25, -0.2) is 4.98 Å². The minimum absolute atomic E-state index is 0.0965. The van der Waals surface area contributed by atoms with Gasteiger partial charge in [-0.05, 0) is 6.92 Å². The van der Waals surface area contributed by atoms with Gasteiger partial charge in [0.15, 0.2) is 0 Å². The second kappa shape index (κ2) is 7.11. The quantitative estimate of drug-likeness (QED) is 0.920. The molecule has 1 aliphatic rings. The Bertz CT molecular complexity index is 744. The lowest BCUT2D eigenvalue weighted by Crippen LogP contribution is -2.46. The van der Waals surface area contributed by atoms with E-state index in [1.165, 1.54) is 11.3 Å². The van der Waals surface area contributed by atoms with Crippen molar-refractivity contribution in [2.24, 2.45) is 0 Å². The largest absolute Gasteiger partial charge is 0.481 e. The van der Waals surface area contributed by atoms with E-state index in [2.05, 4.69) is 4.98 Å². The Morgan fingerprint density at radius 2 is 2.12 bits per heavy atom. The fraction of sp³-hybridized carbons (Fsp3) is 0.353. The highest BCUT2D eigenvalue weighted by Gasteiger charge is 2.28. The molecule has 1 fully saturated rings. The van der Waals surface area contributed by atoms with Crippen LogP contribution in [0.4, 0.5) is 0 Å². The van der Waals surface area contributed by atoms with Crippen molar-refractivity contribution in [3.8, 4) is 10.6 Å². The maximum absolute atomic E-state index is 12.8. The number of amides is 1. The Labute approximate surface area is 143 Å². The molecule has 1 N–H and O–H groups in total. The van der Waals surface area contributed by atoms with Gasteiger partial charge in [0.2, 0.25) is 0 Å².